The Hall–Kier alpha value is -1.59. The third-order valence-corrected chi connectivity index (χ3v) is 4.71. The van der Waals surface area contributed by atoms with Crippen LogP contribution < -0.4 is 10.6 Å². The van der Waals surface area contributed by atoms with Gasteiger partial charge in [-0.1, -0.05) is 12.1 Å². The zero-order chi connectivity index (χ0) is 16.3. The number of hydrogen-bond donors (Lipinski definition) is 3. The first-order chi connectivity index (χ1) is 11.1. The van der Waals surface area contributed by atoms with E-state index in [1.165, 1.54) is 12.8 Å². The first-order valence-corrected chi connectivity index (χ1v) is 8.46. The molecule has 0 aliphatic heterocycles. The highest BCUT2D eigenvalue weighted by atomic mass is 16.5. The van der Waals surface area contributed by atoms with E-state index in [-0.39, 0.29) is 12.6 Å². The quantitative estimate of drug-likeness (QED) is 0.690. The van der Waals surface area contributed by atoms with Crippen LogP contribution >= 0.6 is 0 Å². The van der Waals surface area contributed by atoms with E-state index in [9.17, 15) is 9.90 Å². The van der Waals surface area contributed by atoms with Gasteiger partial charge in [0.25, 0.3) is 0 Å². The van der Waals surface area contributed by atoms with Gasteiger partial charge in [-0.3, -0.25) is 0 Å². The van der Waals surface area contributed by atoms with Gasteiger partial charge in [0.15, 0.2) is 0 Å². The van der Waals surface area contributed by atoms with Crippen molar-refractivity contribution >= 4 is 11.7 Å². The molecule has 0 bridgehead atoms. The molecule has 1 unspecified atom stereocenters. The molecular formula is C18H26N2O3. The number of hydrogen-bond acceptors (Lipinski definition) is 3. The summed E-state index contributed by atoms with van der Waals surface area (Å²) < 4.78 is 5.68. The van der Waals surface area contributed by atoms with Crippen LogP contribution in [0.2, 0.25) is 0 Å². The van der Waals surface area contributed by atoms with Gasteiger partial charge >= 0.3 is 6.03 Å². The van der Waals surface area contributed by atoms with E-state index in [0.717, 1.165) is 36.6 Å². The van der Waals surface area contributed by atoms with Crippen molar-refractivity contribution in [2.45, 2.75) is 44.8 Å². The van der Waals surface area contributed by atoms with Crippen molar-refractivity contribution in [2.24, 2.45) is 11.8 Å². The number of carbonyl (C=O) groups excluding carboxylic acids is 1. The molecule has 1 aromatic carbocycles. The Bertz CT molecular complexity index is 555. The van der Waals surface area contributed by atoms with Crippen molar-refractivity contribution < 1.29 is 14.6 Å². The number of aliphatic hydroxyl groups is 1. The Morgan fingerprint density at radius 2 is 2.13 bits per heavy atom. The molecule has 2 saturated carbocycles. The Labute approximate surface area is 137 Å². The third kappa shape index (κ3) is 4.69. The Kier molecular flexibility index (Phi) is 4.87. The highest BCUT2D eigenvalue weighted by Crippen LogP contribution is 2.39. The molecule has 5 heteroatoms. The van der Waals surface area contributed by atoms with E-state index < -0.39 is 5.54 Å². The summed E-state index contributed by atoms with van der Waals surface area (Å²) in [6.07, 6.45) is 4.69. The topological polar surface area (TPSA) is 70.6 Å². The lowest BCUT2D eigenvalue weighted by atomic mass is 9.97. The molecule has 0 heterocycles. The zero-order valence-electron chi connectivity index (χ0n) is 13.7. The number of carbonyl (C=O) groups is 1. The van der Waals surface area contributed by atoms with Crippen molar-refractivity contribution in [3.63, 3.8) is 0 Å². The molecule has 5 nitrogen and oxygen atoms in total. The van der Waals surface area contributed by atoms with E-state index >= 15 is 0 Å². The molecule has 1 aromatic rings. The second-order valence-electron chi connectivity index (χ2n) is 7.09. The molecular weight excluding hydrogens is 292 g/mol. The number of anilines is 1. The van der Waals surface area contributed by atoms with Crippen LogP contribution in [0, 0.1) is 11.8 Å². The largest absolute Gasteiger partial charge is 0.394 e. The first kappa shape index (κ1) is 16.3. The van der Waals surface area contributed by atoms with Crippen LogP contribution in [-0.2, 0) is 11.3 Å². The van der Waals surface area contributed by atoms with Crippen molar-refractivity contribution in [1.29, 1.82) is 0 Å². The van der Waals surface area contributed by atoms with Gasteiger partial charge in [-0.2, -0.15) is 0 Å². The molecule has 2 aliphatic rings. The van der Waals surface area contributed by atoms with Crippen LogP contribution in [-0.4, -0.2) is 29.9 Å². The molecule has 0 saturated heterocycles. The Morgan fingerprint density at radius 1 is 1.35 bits per heavy atom. The molecule has 1 atom stereocenters. The summed E-state index contributed by atoms with van der Waals surface area (Å²) in [5, 5.41) is 15.3. The van der Waals surface area contributed by atoms with E-state index in [2.05, 4.69) is 10.6 Å². The van der Waals surface area contributed by atoms with E-state index in [1.807, 2.05) is 31.2 Å². The maximum absolute atomic E-state index is 12.2. The fraction of sp³-hybridized carbons (Fsp3) is 0.611. The lowest BCUT2D eigenvalue weighted by molar-refractivity contribution is 0.111. The van der Waals surface area contributed by atoms with Gasteiger partial charge < -0.3 is 20.5 Å². The van der Waals surface area contributed by atoms with Gasteiger partial charge in [0, 0.05) is 12.3 Å². The number of amides is 2. The molecule has 2 fully saturated rings. The predicted molar refractivity (Wildman–Crippen MR) is 89.2 cm³/mol. The molecule has 2 aliphatic carbocycles. The average molecular weight is 318 g/mol. The minimum atomic E-state index is -0.533. The van der Waals surface area contributed by atoms with Gasteiger partial charge in [-0.05, 0) is 62.1 Å². The highest BCUT2D eigenvalue weighted by molar-refractivity contribution is 5.89. The van der Waals surface area contributed by atoms with Gasteiger partial charge in [0.2, 0.25) is 0 Å². The van der Waals surface area contributed by atoms with Gasteiger partial charge in [0.1, 0.15) is 0 Å². The number of aliphatic hydroxyl groups excluding tert-OH is 1. The van der Waals surface area contributed by atoms with Crippen LogP contribution in [0.3, 0.4) is 0 Å². The maximum atomic E-state index is 12.2. The van der Waals surface area contributed by atoms with Gasteiger partial charge in [-0.15, -0.1) is 0 Å². The van der Waals surface area contributed by atoms with Gasteiger partial charge in [-0.25, -0.2) is 4.79 Å². The van der Waals surface area contributed by atoms with Crippen LogP contribution in [0.1, 0.15) is 38.2 Å². The number of urea groups is 1. The summed E-state index contributed by atoms with van der Waals surface area (Å²) in [6.45, 7) is 3.25. The molecule has 23 heavy (non-hydrogen) atoms. The molecule has 2 amide bonds. The van der Waals surface area contributed by atoms with Crippen LogP contribution in [0.15, 0.2) is 24.3 Å². The normalized spacial score (nSPS) is 19.9. The zero-order valence-corrected chi connectivity index (χ0v) is 13.7. The lowest BCUT2D eigenvalue weighted by Gasteiger charge is -2.28. The Balaban J connectivity index is 1.50. The first-order valence-electron chi connectivity index (χ1n) is 8.46. The summed E-state index contributed by atoms with van der Waals surface area (Å²) in [5.74, 6) is 1.13. The van der Waals surface area contributed by atoms with Gasteiger partial charge in [0.05, 0.1) is 18.8 Å². The van der Waals surface area contributed by atoms with Crippen LogP contribution in [0.5, 0.6) is 0 Å². The molecule has 3 N–H and O–H groups in total. The average Bonchev–Trinajstić information content (AvgIpc) is 3.39. The highest BCUT2D eigenvalue weighted by Gasteiger charge is 2.42. The summed E-state index contributed by atoms with van der Waals surface area (Å²) in [6, 6.07) is 7.43. The molecule has 0 spiro atoms. The maximum Gasteiger partial charge on any atom is 0.319 e. The summed E-state index contributed by atoms with van der Waals surface area (Å²) in [4.78, 5) is 12.2. The SMILES string of the molecule is CC(CO)(NC(=O)Nc1cccc(COCC2CC2)c1)C1CC1. The minimum absolute atomic E-state index is 0.0415. The predicted octanol–water partition coefficient (Wildman–Crippen LogP) is 2.90. The number of benzene rings is 1. The van der Waals surface area contributed by atoms with E-state index in [1.54, 1.807) is 0 Å². The fourth-order valence-corrected chi connectivity index (χ4v) is 2.78. The monoisotopic (exact) mass is 318 g/mol. The summed E-state index contributed by atoms with van der Waals surface area (Å²) in [5.41, 5.74) is 1.26. The lowest BCUT2D eigenvalue weighted by Crippen LogP contribution is -2.52. The minimum Gasteiger partial charge on any atom is -0.394 e. The third-order valence-electron chi connectivity index (χ3n) is 4.71. The standard InChI is InChI=1S/C18H26N2O3/c1-18(12-21,15-7-8-15)20-17(22)19-16-4-2-3-14(9-16)11-23-10-13-5-6-13/h2-4,9,13,15,21H,5-8,10-12H2,1H3,(H2,19,20,22). The summed E-state index contributed by atoms with van der Waals surface area (Å²) >= 11 is 0. The van der Waals surface area contributed by atoms with E-state index in [0.29, 0.717) is 12.5 Å². The van der Waals surface area contributed by atoms with Crippen molar-refractivity contribution in [3.8, 4) is 0 Å². The van der Waals surface area contributed by atoms with Crippen molar-refractivity contribution in [3.05, 3.63) is 29.8 Å². The smallest absolute Gasteiger partial charge is 0.319 e. The molecule has 0 radical (unpaired) electrons. The second-order valence-corrected chi connectivity index (χ2v) is 7.09. The van der Waals surface area contributed by atoms with Crippen molar-refractivity contribution in [2.75, 3.05) is 18.5 Å². The Morgan fingerprint density at radius 3 is 2.78 bits per heavy atom. The number of rotatable bonds is 8. The molecule has 126 valence electrons. The van der Waals surface area contributed by atoms with Crippen molar-refractivity contribution in [1.82, 2.24) is 5.32 Å². The number of ether oxygens (including phenoxy) is 1. The number of nitrogens with one attached hydrogen (secondary N) is 2. The van der Waals surface area contributed by atoms with Crippen LogP contribution in [0.25, 0.3) is 0 Å². The molecule has 0 aromatic heterocycles. The van der Waals surface area contributed by atoms with E-state index in [4.69, 9.17) is 4.74 Å². The summed E-state index contributed by atoms with van der Waals surface area (Å²) in [7, 11) is 0. The van der Waals surface area contributed by atoms with Crippen LogP contribution in [0.4, 0.5) is 10.5 Å². The second kappa shape index (κ2) is 6.89. The fourth-order valence-electron chi connectivity index (χ4n) is 2.78. The molecule has 3 rings (SSSR count).